The highest BCUT2D eigenvalue weighted by Crippen LogP contribution is 2.20. The second-order valence-electron chi connectivity index (χ2n) is 3.39. The number of benzene rings is 1. The highest BCUT2D eigenvalue weighted by Gasteiger charge is 2.21. The summed E-state index contributed by atoms with van der Waals surface area (Å²) >= 11 is 0. The van der Waals surface area contributed by atoms with Crippen LogP contribution in [-0.4, -0.2) is 5.11 Å². The Labute approximate surface area is 79.4 Å². The molecule has 0 spiro atoms. The Kier molecular flexibility index (Phi) is 3.46. The average molecular weight is 179 g/mol. The summed E-state index contributed by atoms with van der Waals surface area (Å²) in [6.07, 6.45) is 2.61. The SMILES string of the molecule is CCCCC(N)(O)c1ccccc1. The fourth-order valence-corrected chi connectivity index (χ4v) is 1.32. The van der Waals surface area contributed by atoms with E-state index < -0.39 is 5.72 Å². The molecular weight excluding hydrogens is 162 g/mol. The van der Waals surface area contributed by atoms with Crippen LogP contribution in [0, 0.1) is 0 Å². The molecule has 1 unspecified atom stereocenters. The van der Waals surface area contributed by atoms with E-state index in [0.29, 0.717) is 6.42 Å². The highest BCUT2D eigenvalue weighted by atomic mass is 16.3. The van der Waals surface area contributed by atoms with E-state index in [4.69, 9.17) is 5.73 Å². The van der Waals surface area contributed by atoms with Crippen LogP contribution in [0.2, 0.25) is 0 Å². The normalized spacial score (nSPS) is 15.3. The first-order valence-corrected chi connectivity index (χ1v) is 4.73. The molecule has 13 heavy (non-hydrogen) atoms. The van der Waals surface area contributed by atoms with E-state index in [9.17, 15) is 5.11 Å². The summed E-state index contributed by atoms with van der Waals surface area (Å²) in [6.45, 7) is 2.08. The van der Waals surface area contributed by atoms with E-state index >= 15 is 0 Å². The Balaban J connectivity index is 2.69. The zero-order valence-corrected chi connectivity index (χ0v) is 8.03. The third-order valence-corrected chi connectivity index (χ3v) is 2.19. The quantitative estimate of drug-likeness (QED) is 0.694. The Bertz CT molecular complexity index is 244. The van der Waals surface area contributed by atoms with Crippen LogP contribution in [0.5, 0.6) is 0 Å². The van der Waals surface area contributed by atoms with Crippen molar-refractivity contribution in [2.75, 3.05) is 0 Å². The van der Waals surface area contributed by atoms with Gasteiger partial charge < -0.3 is 5.11 Å². The van der Waals surface area contributed by atoms with Crippen molar-refractivity contribution in [3.8, 4) is 0 Å². The maximum Gasteiger partial charge on any atom is 0.139 e. The predicted octanol–water partition coefficient (Wildman–Crippen LogP) is 1.98. The molecule has 2 nitrogen and oxygen atoms in total. The molecule has 0 heterocycles. The predicted molar refractivity (Wildman–Crippen MR) is 54.1 cm³/mol. The van der Waals surface area contributed by atoms with Crippen molar-refractivity contribution in [3.63, 3.8) is 0 Å². The van der Waals surface area contributed by atoms with Gasteiger partial charge in [0.1, 0.15) is 5.72 Å². The molecule has 1 aromatic carbocycles. The fourth-order valence-electron chi connectivity index (χ4n) is 1.32. The van der Waals surface area contributed by atoms with Gasteiger partial charge in [0.05, 0.1) is 0 Å². The summed E-state index contributed by atoms with van der Waals surface area (Å²) in [5.41, 5.74) is 5.42. The van der Waals surface area contributed by atoms with Gasteiger partial charge in [-0.25, -0.2) is 0 Å². The van der Waals surface area contributed by atoms with E-state index in [0.717, 1.165) is 18.4 Å². The monoisotopic (exact) mass is 179 g/mol. The first-order valence-electron chi connectivity index (χ1n) is 4.73. The molecule has 72 valence electrons. The summed E-state index contributed by atoms with van der Waals surface area (Å²) in [5, 5.41) is 9.89. The Morgan fingerprint density at radius 3 is 2.46 bits per heavy atom. The van der Waals surface area contributed by atoms with Crippen LogP contribution in [-0.2, 0) is 5.72 Å². The first-order chi connectivity index (χ1) is 6.17. The van der Waals surface area contributed by atoms with Gasteiger partial charge in [-0.3, -0.25) is 5.73 Å². The third-order valence-electron chi connectivity index (χ3n) is 2.19. The minimum absolute atomic E-state index is 0.619. The second-order valence-corrected chi connectivity index (χ2v) is 3.39. The number of rotatable bonds is 4. The van der Waals surface area contributed by atoms with Crippen molar-refractivity contribution in [1.29, 1.82) is 0 Å². The first kappa shape index (κ1) is 10.2. The lowest BCUT2D eigenvalue weighted by atomic mass is 9.98. The number of hydrogen-bond donors (Lipinski definition) is 2. The molecule has 0 bridgehead atoms. The maximum atomic E-state index is 9.89. The standard InChI is InChI=1S/C11H17NO/c1-2-3-9-11(12,13)10-7-5-4-6-8-10/h4-8,13H,2-3,9,12H2,1H3. The van der Waals surface area contributed by atoms with Crippen LogP contribution in [0.3, 0.4) is 0 Å². The number of nitrogens with two attached hydrogens (primary N) is 1. The van der Waals surface area contributed by atoms with E-state index in [-0.39, 0.29) is 0 Å². The maximum absolute atomic E-state index is 9.89. The lowest BCUT2D eigenvalue weighted by Gasteiger charge is -2.23. The van der Waals surface area contributed by atoms with Crippen molar-refractivity contribution in [1.82, 2.24) is 0 Å². The van der Waals surface area contributed by atoms with E-state index in [2.05, 4.69) is 6.92 Å². The van der Waals surface area contributed by atoms with E-state index in [1.165, 1.54) is 0 Å². The van der Waals surface area contributed by atoms with Gasteiger partial charge in [-0.1, -0.05) is 43.7 Å². The molecule has 0 aliphatic carbocycles. The van der Waals surface area contributed by atoms with Crippen molar-refractivity contribution in [3.05, 3.63) is 35.9 Å². The minimum atomic E-state index is -1.16. The van der Waals surface area contributed by atoms with Crippen LogP contribution in [0.25, 0.3) is 0 Å². The molecule has 1 aromatic rings. The van der Waals surface area contributed by atoms with Crippen LogP contribution in [0.1, 0.15) is 31.7 Å². The second kappa shape index (κ2) is 4.40. The van der Waals surface area contributed by atoms with Gasteiger partial charge in [0.2, 0.25) is 0 Å². The minimum Gasteiger partial charge on any atom is -0.372 e. The van der Waals surface area contributed by atoms with Crippen molar-refractivity contribution < 1.29 is 5.11 Å². The molecule has 0 aromatic heterocycles. The summed E-state index contributed by atoms with van der Waals surface area (Å²) in [5.74, 6) is 0. The molecule has 0 aliphatic rings. The third kappa shape index (κ3) is 2.83. The average Bonchev–Trinajstić information content (AvgIpc) is 2.16. The van der Waals surface area contributed by atoms with Crippen LogP contribution >= 0.6 is 0 Å². The summed E-state index contributed by atoms with van der Waals surface area (Å²) < 4.78 is 0. The van der Waals surface area contributed by atoms with E-state index in [1.54, 1.807) is 0 Å². The fraction of sp³-hybridized carbons (Fsp3) is 0.455. The smallest absolute Gasteiger partial charge is 0.139 e. The van der Waals surface area contributed by atoms with Gasteiger partial charge in [-0.05, 0) is 18.4 Å². The van der Waals surface area contributed by atoms with Gasteiger partial charge in [-0.15, -0.1) is 0 Å². The Morgan fingerprint density at radius 2 is 1.92 bits per heavy atom. The van der Waals surface area contributed by atoms with Crippen LogP contribution in [0.15, 0.2) is 30.3 Å². The van der Waals surface area contributed by atoms with Crippen molar-refractivity contribution in [2.45, 2.75) is 31.9 Å². The summed E-state index contributed by atoms with van der Waals surface area (Å²) in [4.78, 5) is 0. The van der Waals surface area contributed by atoms with Crippen LogP contribution in [0.4, 0.5) is 0 Å². The molecule has 0 radical (unpaired) electrons. The van der Waals surface area contributed by atoms with Gasteiger partial charge in [0.25, 0.3) is 0 Å². The lowest BCUT2D eigenvalue weighted by molar-refractivity contribution is 0.0320. The molecular formula is C11H17NO. The molecule has 0 saturated heterocycles. The van der Waals surface area contributed by atoms with Crippen molar-refractivity contribution in [2.24, 2.45) is 5.73 Å². The molecule has 0 saturated carbocycles. The summed E-state index contributed by atoms with van der Waals surface area (Å²) in [7, 11) is 0. The van der Waals surface area contributed by atoms with Gasteiger partial charge >= 0.3 is 0 Å². The number of hydrogen-bond acceptors (Lipinski definition) is 2. The Morgan fingerprint density at radius 1 is 1.31 bits per heavy atom. The topological polar surface area (TPSA) is 46.2 Å². The molecule has 1 rings (SSSR count). The summed E-state index contributed by atoms with van der Waals surface area (Å²) in [6, 6.07) is 9.41. The molecule has 0 aliphatic heterocycles. The van der Waals surface area contributed by atoms with Crippen molar-refractivity contribution >= 4 is 0 Å². The van der Waals surface area contributed by atoms with Gasteiger partial charge in [0, 0.05) is 0 Å². The van der Waals surface area contributed by atoms with Crippen LogP contribution < -0.4 is 5.73 Å². The zero-order valence-electron chi connectivity index (χ0n) is 8.03. The van der Waals surface area contributed by atoms with E-state index in [1.807, 2.05) is 30.3 Å². The number of aliphatic hydroxyl groups is 1. The molecule has 0 amide bonds. The zero-order chi connectivity index (χ0) is 9.73. The van der Waals surface area contributed by atoms with Gasteiger partial charge in [0.15, 0.2) is 0 Å². The largest absolute Gasteiger partial charge is 0.372 e. The lowest BCUT2D eigenvalue weighted by Crippen LogP contribution is -2.36. The Hall–Kier alpha value is -0.860. The molecule has 3 N–H and O–H groups in total. The molecule has 1 atom stereocenters. The highest BCUT2D eigenvalue weighted by molar-refractivity contribution is 5.20. The molecule has 0 fully saturated rings. The number of unbranched alkanes of at least 4 members (excludes halogenated alkanes) is 1. The van der Waals surface area contributed by atoms with Gasteiger partial charge in [-0.2, -0.15) is 0 Å². The molecule has 2 heteroatoms.